The largest absolute Gasteiger partial charge is 0.301 e. The maximum atomic E-state index is 4.73. The summed E-state index contributed by atoms with van der Waals surface area (Å²) >= 11 is 3.59. The molecule has 3 heterocycles. The number of likely N-dealkylation sites (N-methyl/N-ethyl adjacent to an activating group) is 1. The molecule has 0 atom stereocenters. The molecule has 0 aliphatic carbocycles. The van der Waals surface area contributed by atoms with E-state index in [1.165, 1.54) is 21.1 Å². The summed E-state index contributed by atoms with van der Waals surface area (Å²) in [7, 11) is 2.17. The quantitative estimate of drug-likeness (QED) is 0.757. The Labute approximate surface area is 97.2 Å². The first-order valence-electron chi connectivity index (χ1n) is 5.02. The monoisotopic (exact) mass is 236 g/mol. The number of nitrogens with zero attached hydrogens (tertiary/aromatic N) is 2. The van der Waals surface area contributed by atoms with Gasteiger partial charge in [0.05, 0.1) is 5.69 Å². The molecule has 2 aromatic heterocycles. The van der Waals surface area contributed by atoms with E-state index in [4.69, 9.17) is 4.98 Å². The molecule has 4 heteroatoms. The molecule has 0 spiro atoms. The predicted molar refractivity (Wildman–Crippen MR) is 65.5 cm³/mol. The highest BCUT2D eigenvalue weighted by Crippen LogP contribution is 2.32. The van der Waals surface area contributed by atoms with Gasteiger partial charge in [-0.25, -0.2) is 4.98 Å². The fraction of sp³-hybridized carbons (Fsp3) is 0.364. The van der Waals surface area contributed by atoms with E-state index in [2.05, 4.69) is 28.8 Å². The van der Waals surface area contributed by atoms with Gasteiger partial charge in [-0.15, -0.1) is 11.3 Å². The highest BCUT2D eigenvalue weighted by molar-refractivity contribution is 7.15. The zero-order chi connectivity index (χ0) is 10.3. The van der Waals surface area contributed by atoms with Crippen molar-refractivity contribution in [2.24, 2.45) is 0 Å². The molecule has 0 aromatic carbocycles. The third-order valence-corrected chi connectivity index (χ3v) is 4.50. The lowest BCUT2D eigenvalue weighted by atomic mass is 10.2. The first-order valence-corrected chi connectivity index (χ1v) is 6.78. The molecule has 0 radical (unpaired) electrons. The summed E-state index contributed by atoms with van der Waals surface area (Å²) in [4.78, 5) is 8.53. The van der Waals surface area contributed by atoms with Gasteiger partial charge in [-0.05, 0) is 18.5 Å². The van der Waals surface area contributed by atoms with Gasteiger partial charge in [-0.2, -0.15) is 11.3 Å². The Morgan fingerprint density at radius 2 is 2.40 bits per heavy atom. The van der Waals surface area contributed by atoms with E-state index in [9.17, 15) is 0 Å². The second-order valence-corrected chi connectivity index (χ2v) is 5.75. The van der Waals surface area contributed by atoms with Crippen LogP contribution in [-0.2, 0) is 13.0 Å². The fourth-order valence-corrected chi connectivity index (χ4v) is 3.73. The maximum Gasteiger partial charge on any atom is 0.124 e. The van der Waals surface area contributed by atoms with Crippen molar-refractivity contribution in [2.45, 2.75) is 13.0 Å². The van der Waals surface area contributed by atoms with E-state index >= 15 is 0 Å². The molecule has 0 amide bonds. The average molecular weight is 236 g/mol. The van der Waals surface area contributed by atoms with Gasteiger partial charge >= 0.3 is 0 Å². The minimum absolute atomic E-state index is 1.07. The summed E-state index contributed by atoms with van der Waals surface area (Å²) < 4.78 is 0. The Bertz CT molecular complexity index is 459. The molecular weight excluding hydrogens is 224 g/mol. The number of fused-ring (bicyclic) bond motifs is 1. The van der Waals surface area contributed by atoms with E-state index in [0.29, 0.717) is 0 Å². The molecule has 1 aliphatic rings. The topological polar surface area (TPSA) is 16.1 Å². The molecule has 0 bridgehead atoms. The van der Waals surface area contributed by atoms with Gasteiger partial charge < -0.3 is 4.90 Å². The minimum atomic E-state index is 1.07. The molecule has 0 saturated heterocycles. The van der Waals surface area contributed by atoms with Crippen molar-refractivity contribution >= 4 is 22.7 Å². The fourth-order valence-electron chi connectivity index (χ4n) is 1.83. The van der Waals surface area contributed by atoms with Crippen LogP contribution >= 0.6 is 22.7 Å². The zero-order valence-corrected chi connectivity index (χ0v) is 10.2. The molecule has 78 valence electrons. The van der Waals surface area contributed by atoms with Crippen molar-refractivity contribution in [1.82, 2.24) is 9.88 Å². The lowest BCUT2D eigenvalue weighted by molar-refractivity contribution is 0.314. The number of thiophene rings is 1. The van der Waals surface area contributed by atoms with Crippen molar-refractivity contribution in [3.63, 3.8) is 0 Å². The normalized spacial score (nSPS) is 16.6. The van der Waals surface area contributed by atoms with Gasteiger partial charge in [-0.3, -0.25) is 0 Å². The maximum absolute atomic E-state index is 4.73. The minimum Gasteiger partial charge on any atom is -0.301 e. The Balaban J connectivity index is 2.00. The number of thiazole rings is 1. The summed E-state index contributed by atoms with van der Waals surface area (Å²) in [5, 5.41) is 5.48. The molecule has 15 heavy (non-hydrogen) atoms. The number of rotatable bonds is 1. The van der Waals surface area contributed by atoms with E-state index in [0.717, 1.165) is 19.5 Å². The van der Waals surface area contributed by atoms with Crippen LogP contribution in [-0.4, -0.2) is 23.5 Å². The van der Waals surface area contributed by atoms with Gasteiger partial charge in [0.1, 0.15) is 5.01 Å². The van der Waals surface area contributed by atoms with Crippen LogP contribution in [0.15, 0.2) is 16.8 Å². The summed E-state index contributed by atoms with van der Waals surface area (Å²) in [5.74, 6) is 0. The van der Waals surface area contributed by atoms with E-state index in [1.54, 1.807) is 11.3 Å². The molecule has 0 N–H and O–H groups in total. The van der Waals surface area contributed by atoms with E-state index in [1.807, 2.05) is 11.3 Å². The lowest BCUT2D eigenvalue weighted by Gasteiger charge is -2.20. The van der Waals surface area contributed by atoms with Gasteiger partial charge in [-0.1, -0.05) is 0 Å². The average Bonchev–Trinajstić information content (AvgIpc) is 2.84. The standard InChI is InChI=1S/C11H12N2S2/c1-13-4-2-9-10(6-13)15-11(12-9)8-3-5-14-7-8/h3,5,7H,2,4,6H2,1H3. The SMILES string of the molecule is CN1CCc2nc(-c3ccsc3)sc2C1. The molecule has 1 aliphatic heterocycles. The second kappa shape index (κ2) is 3.70. The van der Waals surface area contributed by atoms with Crippen molar-refractivity contribution < 1.29 is 0 Å². The van der Waals surface area contributed by atoms with Crippen molar-refractivity contribution in [3.8, 4) is 10.6 Å². The Hall–Kier alpha value is -0.710. The smallest absolute Gasteiger partial charge is 0.124 e. The van der Waals surface area contributed by atoms with Gasteiger partial charge in [0, 0.05) is 35.3 Å². The highest BCUT2D eigenvalue weighted by atomic mass is 32.1. The second-order valence-electron chi connectivity index (χ2n) is 3.89. The summed E-state index contributed by atoms with van der Waals surface area (Å²) in [5.41, 5.74) is 2.60. The van der Waals surface area contributed by atoms with E-state index < -0.39 is 0 Å². The third-order valence-electron chi connectivity index (χ3n) is 2.69. The Kier molecular flexibility index (Phi) is 2.35. The van der Waals surface area contributed by atoms with E-state index in [-0.39, 0.29) is 0 Å². The number of aromatic nitrogens is 1. The third kappa shape index (κ3) is 1.73. The predicted octanol–water partition coefficient (Wildman–Crippen LogP) is 2.86. The molecule has 2 nitrogen and oxygen atoms in total. The van der Waals surface area contributed by atoms with Crippen molar-refractivity contribution in [3.05, 3.63) is 27.4 Å². The molecule has 0 unspecified atom stereocenters. The summed E-state index contributed by atoms with van der Waals surface area (Å²) in [6.07, 6.45) is 1.10. The number of hydrogen-bond acceptors (Lipinski definition) is 4. The summed E-state index contributed by atoms with van der Waals surface area (Å²) in [6, 6.07) is 2.15. The first kappa shape index (κ1) is 9.51. The molecule has 3 rings (SSSR count). The lowest BCUT2D eigenvalue weighted by Crippen LogP contribution is -2.25. The van der Waals surface area contributed by atoms with Crippen LogP contribution in [0.1, 0.15) is 10.6 Å². The van der Waals surface area contributed by atoms with Crippen LogP contribution < -0.4 is 0 Å². The van der Waals surface area contributed by atoms with Crippen LogP contribution in [0.4, 0.5) is 0 Å². The van der Waals surface area contributed by atoms with Crippen LogP contribution in [0.3, 0.4) is 0 Å². The van der Waals surface area contributed by atoms with Crippen LogP contribution in [0.2, 0.25) is 0 Å². The summed E-state index contributed by atoms with van der Waals surface area (Å²) in [6.45, 7) is 2.21. The van der Waals surface area contributed by atoms with Crippen LogP contribution in [0, 0.1) is 0 Å². The first-order chi connectivity index (χ1) is 7.33. The molecule has 0 fully saturated rings. The van der Waals surface area contributed by atoms with Crippen molar-refractivity contribution in [2.75, 3.05) is 13.6 Å². The molecular formula is C11H12N2S2. The Morgan fingerprint density at radius 3 is 3.20 bits per heavy atom. The Morgan fingerprint density at radius 1 is 1.47 bits per heavy atom. The highest BCUT2D eigenvalue weighted by Gasteiger charge is 2.18. The zero-order valence-electron chi connectivity index (χ0n) is 8.56. The van der Waals surface area contributed by atoms with Crippen LogP contribution in [0.25, 0.3) is 10.6 Å². The van der Waals surface area contributed by atoms with Crippen molar-refractivity contribution in [1.29, 1.82) is 0 Å². The molecule has 0 saturated carbocycles. The van der Waals surface area contributed by atoms with Crippen LogP contribution in [0.5, 0.6) is 0 Å². The van der Waals surface area contributed by atoms with Gasteiger partial charge in [0.15, 0.2) is 0 Å². The van der Waals surface area contributed by atoms with Gasteiger partial charge in [0.25, 0.3) is 0 Å². The van der Waals surface area contributed by atoms with Gasteiger partial charge in [0.2, 0.25) is 0 Å². The molecule has 2 aromatic rings. The number of hydrogen-bond donors (Lipinski definition) is 0.